The average Bonchev–Trinajstić information content (AvgIpc) is 3.88. The van der Waals surface area contributed by atoms with Crippen molar-refractivity contribution in [2.75, 3.05) is 26.4 Å². The van der Waals surface area contributed by atoms with Crippen LogP contribution in [0.3, 0.4) is 0 Å². The highest BCUT2D eigenvalue weighted by Crippen LogP contribution is 2.46. The second-order valence-corrected chi connectivity index (χ2v) is 16.9. The molecule has 53 heavy (non-hydrogen) atoms. The summed E-state index contributed by atoms with van der Waals surface area (Å²) in [5.74, 6) is 0.395. The van der Waals surface area contributed by atoms with Crippen LogP contribution in [-0.4, -0.2) is 63.3 Å². The molecular weight excluding hydrogens is 683 g/mol. The maximum atomic E-state index is 13.3. The van der Waals surface area contributed by atoms with Gasteiger partial charge in [0, 0.05) is 85.2 Å². The molecule has 6 aliphatic rings. The molecule has 1 fully saturated rings. The summed E-state index contributed by atoms with van der Waals surface area (Å²) < 4.78 is 18.0. The number of aliphatic imine (C=N–C) groups is 3. The molecular formula is C42H55N5O5Si. The lowest BCUT2D eigenvalue weighted by atomic mass is 9.86. The summed E-state index contributed by atoms with van der Waals surface area (Å²) in [5.41, 5.74) is 14.2. The van der Waals surface area contributed by atoms with Crippen LogP contribution >= 0.6 is 0 Å². The highest BCUT2D eigenvalue weighted by Gasteiger charge is 2.42. The number of nitrogens with one attached hydrogen (secondary N) is 2. The second kappa shape index (κ2) is 16.1. The monoisotopic (exact) mass is 737 g/mol. The maximum Gasteiger partial charge on any atom is 0.500 e. The standard InChI is InChI=1S/C42H55N5O5Si/c1-10-28-24(6)32-21-34-26(8)30(16-17-39(49)43-18-15-19-53(50-12-3,51-13-4)52-14-5)41(46-34)31-20-38(48)40-27(9)35(47-42(31)40)23-37-29(11-2)25(7)33(45-37)22-36(28)44-32/h10,21-23,26,30,46,48H,1,11-20H2,2-9H3,(H,43,49)/t26-,30-/m0/s1. The molecule has 1 saturated heterocycles. The molecule has 0 spiro atoms. The van der Waals surface area contributed by atoms with Crippen LogP contribution in [0.25, 0.3) is 0 Å². The van der Waals surface area contributed by atoms with Crippen molar-refractivity contribution in [2.24, 2.45) is 26.8 Å². The summed E-state index contributed by atoms with van der Waals surface area (Å²) in [6, 6.07) is 0.648. The molecule has 0 aromatic rings. The molecule has 2 atom stereocenters. The van der Waals surface area contributed by atoms with Gasteiger partial charge in [0.05, 0.1) is 34.2 Å². The molecule has 11 heteroatoms. The van der Waals surface area contributed by atoms with E-state index in [0.29, 0.717) is 63.9 Å². The van der Waals surface area contributed by atoms with E-state index in [1.807, 2.05) is 33.8 Å². The molecule has 5 aliphatic heterocycles. The lowest BCUT2D eigenvalue weighted by molar-refractivity contribution is -0.121. The summed E-state index contributed by atoms with van der Waals surface area (Å²) in [4.78, 5) is 28.7. The van der Waals surface area contributed by atoms with Crippen LogP contribution < -0.4 is 10.6 Å². The molecule has 6 rings (SSSR count). The topological polar surface area (TPSA) is 126 Å². The van der Waals surface area contributed by atoms with Gasteiger partial charge in [0.1, 0.15) is 5.76 Å². The third kappa shape index (κ3) is 7.36. The van der Waals surface area contributed by atoms with Crippen molar-refractivity contribution in [3.05, 3.63) is 104 Å². The average molecular weight is 738 g/mol. The van der Waals surface area contributed by atoms with E-state index < -0.39 is 8.80 Å². The summed E-state index contributed by atoms with van der Waals surface area (Å²) in [6.45, 7) is 22.7. The Balaban J connectivity index is 1.31. The molecule has 0 radical (unpaired) electrons. The third-order valence-corrected chi connectivity index (χ3v) is 14.2. The van der Waals surface area contributed by atoms with E-state index in [4.69, 9.17) is 28.3 Å². The SMILES string of the molecule is C=CC1=C(C)C2=NC1=CC1=NC(=CC3=C(C)C4=C(O)CC(=C5NC(=C2)[C@@H](C)[C@@H]5CCC(=O)NCCC[Si](OCC)(OCC)OCC)C4=N3)C(CC)=C1C. The molecule has 0 aromatic heterocycles. The van der Waals surface area contributed by atoms with Crippen molar-refractivity contribution in [3.63, 3.8) is 0 Å². The predicted molar refractivity (Wildman–Crippen MR) is 215 cm³/mol. The largest absolute Gasteiger partial charge is 0.511 e. The van der Waals surface area contributed by atoms with E-state index >= 15 is 0 Å². The van der Waals surface area contributed by atoms with Gasteiger partial charge in [-0.15, -0.1) is 0 Å². The lowest BCUT2D eigenvalue weighted by Gasteiger charge is -2.28. The number of carbonyl (C=O) groups is 1. The second-order valence-electron chi connectivity index (χ2n) is 14.2. The number of aliphatic hydroxyl groups is 1. The first-order chi connectivity index (χ1) is 25.5. The molecule has 10 nitrogen and oxygen atoms in total. The Kier molecular flexibility index (Phi) is 11.7. The first-order valence-electron chi connectivity index (χ1n) is 19.3. The van der Waals surface area contributed by atoms with Gasteiger partial charge >= 0.3 is 8.80 Å². The van der Waals surface area contributed by atoms with Gasteiger partial charge in [-0.05, 0) is 101 Å². The predicted octanol–water partition coefficient (Wildman–Crippen LogP) is 8.18. The minimum absolute atomic E-state index is 0.00214. The van der Waals surface area contributed by atoms with Crippen LogP contribution in [0, 0.1) is 11.8 Å². The van der Waals surface area contributed by atoms with Crippen molar-refractivity contribution in [2.45, 2.75) is 93.5 Å². The van der Waals surface area contributed by atoms with Gasteiger partial charge in [0.15, 0.2) is 0 Å². The smallest absolute Gasteiger partial charge is 0.500 e. The third-order valence-electron chi connectivity index (χ3n) is 11.1. The fraction of sp³-hybridized carbons (Fsp3) is 0.476. The van der Waals surface area contributed by atoms with Crippen molar-refractivity contribution >= 4 is 31.8 Å². The number of allylic oxidation sites excluding steroid dienone is 12. The molecule has 0 aromatic carbocycles. The fourth-order valence-corrected chi connectivity index (χ4v) is 10.9. The summed E-state index contributed by atoms with van der Waals surface area (Å²) in [6.07, 6.45) is 11.1. The van der Waals surface area contributed by atoms with E-state index in [-0.39, 0.29) is 17.7 Å². The van der Waals surface area contributed by atoms with E-state index in [1.54, 1.807) is 0 Å². The van der Waals surface area contributed by atoms with E-state index in [1.165, 1.54) is 5.57 Å². The number of fused-ring (bicyclic) bond motifs is 5. The van der Waals surface area contributed by atoms with Crippen LogP contribution in [0.5, 0.6) is 0 Å². The Morgan fingerprint density at radius 3 is 2.32 bits per heavy atom. The first-order valence-corrected chi connectivity index (χ1v) is 21.2. The van der Waals surface area contributed by atoms with Crippen LogP contribution in [0.2, 0.25) is 6.04 Å². The Labute approximate surface area is 315 Å². The number of aliphatic hydroxyl groups excluding tert-OH is 1. The molecule has 0 unspecified atom stereocenters. The number of hydrogen-bond acceptors (Lipinski definition) is 9. The van der Waals surface area contributed by atoms with Gasteiger partial charge in [0.2, 0.25) is 5.91 Å². The lowest BCUT2D eigenvalue weighted by Crippen LogP contribution is -2.46. The number of carbonyl (C=O) groups excluding carboxylic acids is 1. The molecule has 8 bridgehead atoms. The van der Waals surface area contributed by atoms with Crippen LogP contribution in [-0.2, 0) is 18.1 Å². The minimum atomic E-state index is -2.77. The van der Waals surface area contributed by atoms with Crippen LogP contribution in [0.4, 0.5) is 0 Å². The van der Waals surface area contributed by atoms with Gasteiger partial charge in [0.25, 0.3) is 0 Å². The highest BCUT2D eigenvalue weighted by molar-refractivity contribution is 6.60. The zero-order valence-corrected chi connectivity index (χ0v) is 33.7. The van der Waals surface area contributed by atoms with Gasteiger partial charge in [-0.25, -0.2) is 15.0 Å². The Morgan fingerprint density at radius 1 is 0.981 bits per heavy atom. The summed E-state index contributed by atoms with van der Waals surface area (Å²) in [5, 5.41) is 18.3. The van der Waals surface area contributed by atoms with Crippen molar-refractivity contribution in [1.29, 1.82) is 0 Å². The Hall–Kier alpha value is -4.16. The minimum Gasteiger partial charge on any atom is -0.511 e. The van der Waals surface area contributed by atoms with E-state index in [0.717, 1.165) is 85.5 Å². The molecule has 1 aliphatic carbocycles. The highest BCUT2D eigenvalue weighted by atomic mass is 28.4. The van der Waals surface area contributed by atoms with Crippen LogP contribution in [0.1, 0.15) is 87.5 Å². The molecule has 1 amide bonds. The van der Waals surface area contributed by atoms with Gasteiger partial charge in [-0.3, -0.25) is 4.79 Å². The number of amides is 1. The molecule has 282 valence electrons. The Morgan fingerprint density at radius 2 is 1.66 bits per heavy atom. The van der Waals surface area contributed by atoms with Crippen molar-refractivity contribution < 1.29 is 23.2 Å². The van der Waals surface area contributed by atoms with Gasteiger partial charge < -0.3 is 29.0 Å². The van der Waals surface area contributed by atoms with Crippen molar-refractivity contribution in [1.82, 2.24) is 10.6 Å². The maximum absolute atomic E-state index is 13.3. The summed E-state index contributed by atoms with van der Waals surface area (Å²) >= 11 is 0. The van der Waals surface area contributed by atoms with Crippen LogP contribution in [0.15, 0.2) is 119 Å². The normalized spacial score (nSPS) is 22.3. The first kappa shape index (κ1) is 38.6. The zero-order chi connectivity index (χ0) is 38.0. The summed E-state index contributed by atoms with van der Waals surface area (Å²) in [7, 11) is -2.77. The number of rotatable bonds is 15. The van der Waals surface area contributed by atoms with Gasteiger partial charge in [-0.1, -0.05) is 26.5 Å². The molecule has 0 saturated carbocycles. The number of nitrogens with zero attached hydrogens (tertiary/aromatic N) is 3. The number of hydrogen-bond donors (Lipinski definition) is 3. The quantitative estimate of drug-likeness (QED) is 0.115. The van der Waals surface area contributed by atoms with E-state index in [9.17, 15) is 9.90 Å². The van der Waals surface area contributed by atoms with Gasteiger partial charge in [-0.2, -0.15) is 0 Å². The van der Waals surface area contributed by atoms with E-state index in [2.05, 4.69) is 63.1 Å². The zero-order valence-electron chi connectivity index (χ0n) is 32.7. The molecule has 3 N–H and O–H groups in total. The Bertz CT molecular complexity index is 1930. The molecule has 5 heterocycles. The fourth-order valence-electron chi connectivity index (χ4n) is 8.29. The van der Waals surface area contributed by atoms with Crippen molar-refractivity contribution in [3.8, 4) is 0 Å².